The van der Waals surface area contributed by atoms with Gasteiger partial charge in [0.1, 0.15) is 15.9 Å². The van der Waals surface area contributed by atoms with Crippen molar-refractivity contribution in [3.05, 3.63) is 24.0 Å². The molecule has 0 bridgehead atoms. The predicted molar refractivity (Wildman–Crippen MR) is 80.1 cm³/mol. The van der Waals surface area contributed by atoms with Gasteiger partial charge in [0.15, 0.2) is 11.6 Å². The summed E-state index contributed by atoms with van der Waals surface area (Å²) in [5, 5.41) is 0. The highest BCUT2D eigenvalue weighted by Gasteiger charge is 2.47. The van der Waals surface area contributed by atoms with Crippen LogP contribution in [0.2, 0.25) is 0 Å². The van der Waals surface area contributed by atoms with Crippen LogP contribution in [0.1, 0.15) is 19.8 Å². The van der Waals surface area contributed by atoms with Crippen LogP contribution < -0.4 is 9.64 Å². The van der Waals surface area contributed by atoms with Crippen molar-refractivity contribution in [3.63, 3.8) is 0 Å². The Morgan fingerprint density at radius 3 is 2.76 bits per heavy atom. The largest absolute Gasteiger partial charge is 0.484 e. The third kappa shape index (κ3) is 3.15. The molecule has 3 rings (SSSR count). The molecule has 0 saturated heterocycles. The first-order chi connectivity index (χ1) is 9.78. The van der Waals surface area contributed by atoms with Crippen molar-refractivity contribution in [3.8, 4) is 5.75 Å². The van der Waals surface area contributed by atoms with Crippen molar-refractivity contribution in [1.82, 2.24) is 0 Å². The first-order valence-electron chi connectivity index (χ1n) is 7.16. The molecule has 1 aliphatic heterocycles. The molecule has 1 saturated carbocycles. The molecule has 1 heterocycles. The van der Waals surface area contributed by atoms with Gasteiger partial charge in [-0.25, -0.2) is 12.8 Å². The number of para-hydroxylation sites is 1. The molecular formula is C15H20FNO3S. The normalized spacial score (nSPS) is 23.4. The lowest BCUT2D eigenvalue weighted by Gasteiger charge is -2.37. The number of hydrogen-bond donors (Lipinski definition) is 0. The zero-order valence-electron chi connectivity index (χ0n) is 12.3. The summed E-state index contributed by atoms with van der Waals surface area (Å²) in [5.74, 6) is 0.125. The van der Waals surface area contributed by atoms with Gasteiger partial charge in [0.2, 0.25) is 0 Å². The molecule has 1 fully saturated rings. The van der Waals surface area contributed by atoms with E-state index in [1.54, 1.807) is 6.07 Å². The summed E-state index contributed by atoms with van der Waals surface area (Å²) >= 11 is 0. The maximum atomic E-state index is 13.9. The standard InChI is InChI=1S/C15H20FNO3S/c1-11-8-17(9-15(6-7-15)10-21(2,18)19)13-5-3-4-12(16)14(13)20-11/h3-5,11H,6-10H2,1-2H3. The van der Waals surface area contributed by atoms with Gasteiger partial charge >= 0.3 is 0 Å². The van der Waals surface area contributed by atoms with Gasteiger partial charge in [0.05, 0.1) is 18.0 Å². The van der Waals surface area contributed by atoms with Crippen molar-refractivity contribution >= 4 is 15.5 Å². The Bertz CT molecular complexity index is 655. The molecule has 0 spiro atoms. The summed E-state index contributed by atoms with van der Waals surface area (Å²) in [5.41, 5.74) is 0.557. The van der Waals surface area contributed by atoms with E-state index in [1.807, 2.05) is 13.0 Å². The second kappa shape index (κ2) is 4.87. The Morgan fingerprint density at radius 1 is 1.43 bits per heavy atom. The molecule has 6 heteroatoms. The number of halogens is 1. The van der Waals surface area contributed by atoms with E-state index in [9.17, 15) is 12.8 Å². The van der Waals surface area contributed by atoms with Gasteiger partial charge in [-0.2, -0.15) is 0 Å². The fourth-order valence-electron chi connectivity index (χ4n) is 3.15. The van der Waals surface area contributed by atoms with Crippen molar-refractivity contribution in [2.24, 2.45) is 5.41 Å². The molecule has 0 radical (unpaired) electrons. The highest BCUT2D eigenvalue weighted by Crippen LogP contribution is 2.49. The minimum absolute atomic E-state index is 0.108. The van der Waals surface area contributed by atoms with Gasteiger partial charge in [0.25, 0.3) is 0 Å². The number of fused-ring (bicyclic) bond motifs is 1. The molecule has 1 atom stereocenters. The number of hydrogen-bond acceptors (Lipinski definition) is 4. The van der Waals surface area contributed by atoms with E-state index in [2.05, 4.69) is 4.90 Å². The Hall–Kier alpha value is -1.30. The number of sulfone groups is 1. The second-order valence-electron chi connectivity index (χ2n) is 6.47. The number of anilines is 1. The first-order valence-corrected chi connectivity index (χ1v) is 9.22. The topological polar surface area (TPSA) is 46.6 Å². The lowest BCUT2D eigenvalue weighted by atomic mass is 10.1. The maximum Gasteiger partial charge on any atom is 0.178 e. The predicted octanol–water partition coefficient (Wildman–Crippen LogP) is 2.24. The fourth-order valence-corrected chi connectivity index (χ4v) is 4.64. The van der Waals surface area contributed by atoms with Gasteiger partial charge in [-0.3, -0.25) is 0 Å². The average Bonchev–Trinajstić information content (AvgIpc) is 3.07. The SMILES string of the molecule is CC1CN(CC2(CS(C)(=O)=O)CC2)c2cccc(F)c2O1. The van der Waals surface area contributed by atoms with Crippen LogP contribution in [0, 0.1) is 11.2 Å². The lowest BCUT2D eigenvalue weighted by Crippen LogP contribution is -2.43. The Morgan fingerprint density at radius 2 is 2.14 bits per heavy atom. The van der Waals surface area contributed by atoms with Crippen LogP contribution in [0.3, 0.4) is 0 Å². The minimum Gasteiger partial charge on any atom is -0.484 e. The van der Waals surface area contributed by atoms with E-state index in [-0.39, 0.29) is 28.8 Å². The van der Waals surface area contributed by atoms with Gasteiger partial charge in [-0.1, -0.05) is 6.07 Å². The van der Waals surface area contributed by atoms with Gasteiger partial charge in [0, 0.05) is 18.2 Å². The van der Waals surface area contributed by atoms with Gasteiger partial charge in [-0.05, 0) is 31.9 Å². The zero-order chi connectivity index (χ0) is 15.3. The molecule has 1 aromatic carbocycles. The van der Waals surface area contributed by atoms with Crippen molar-refractivity contribution < 1.29 is 17.5 Å². The lowest BCUT2D eigenvalue weighted by molar-refractivity contribution is 0.200. The van der Waals surface area contributed by atoms with Crippen molar-refractivity contribution in [1.29, 1.82) is 0 Å². The zero-order valence-corrected chi connectivity index (χ0v) is 13.1. The van der Waals surface area contributed by atoms with Crippen LogP contribution in [0.4, 0.5) is 10.1 Å². The van der Waals surface area contributed by atoms with Gasteiger partial charge in [-0.15, -0.1) is 0 Å². The fraction of sp³-hybridized carbons (Fsp3) is 0.600. The van der Waals surface area contributed by atoms with Crippen LogP contribution in [0.15, 0.2) is 18.2 Å². The summed E-state index contributed by atoms with van der Waals surface area (Å²) in [7, 11) is -3.00. The van der Waals surface area contributed by atoms with Crippen LogP contribution in [-0.4, -0.2) is 39.6 Å². The summed E-state index contributed by atoms with van der Waals surface area (Å²) in [6, 6.07) is 4.88. The molecule has 1 aliphatic carbocycles. The Labute approximate surface area is 124 Å². The Kier molecular flexibility index (Phi) is 3.39. The number of nitrogens with zero attached hydrogens (tertiary/aromatic N) is 1. The third-order valence-corrected chi connectivity index (χ3v) is 5.27. The third-order valence-electron chi connectivity index (χ3n) is 4.14. The quantitative estimate of drug-likeness (QED) is 0.855. The number of benzene rings is 1. The first kappa shape index (κ1) is 14.6. The van der Waals surface area contributed by atoms with Crippen LogP contribution in [-0.2, 0) is 9.84 Å². The molecule has 4 nitrogen and oxygen atoms in total. The molecular weight excluding hydrogens is 293 g/mol. The van der Waals surface area contributed by atoms with Crippen LogP contribution >= 0.6 is 0 Å². The molecule has 116 valence electrons. The van der Waals surface area contributed by atoms with Gasteiger partial charge < -0.3 is 9.64 Å². The molecule has 1 aromatic rings. The molecule has 0 amide bonds. The van der Waals surface area contributed by atoms with E-state index in [4.69, 9.17) is 4.74 Å². The molecule has 1 unspecified atom stereocenters. The maximum absolute atomic E-state index is 13.9. The van der Waals surface area contributed by atoms with Crippen molar-refractivity contribution in [2.45, 2.75) is 25.9 Å². The van der Waals surface area contributed by atoms with Crippen LogP contribution in [0.5, 0.6) is 5.75 Å². The molecule has 0 N–H and O–H groups in total. The number of rotatable bonds is 4. The van der Waals surface area contributed by atoms with Crippen LogP contribution in [0.25, 0.3) is 0 Å². The summed E-state index contributed by atoms with van der Waals surface area (Å²) in [6.07, 6.45) is 3.00. The molecule has 21 heavy (non-hydrogen) atoms. The van der Waals surface area contributed by atoms with E-state index < -0.39 is 9.84 Å². The highest BCUT2D eigenvalue weighted by molar-refractivity contribution is 7.90. The average molecular weight is 313 g/mol. The smallest absolute Gasteiger partial charge is 0.178 e. The summed E-state index contributed by atoms with van der Waals surface area (Å²) in [6.45, 7) is 3.20. The second-order valence-corrected chi connectivity index (χ2v) is 8.61. The van der Waals surface area contributed by atoms with E-state index in [1.165, 1.54) is 12.3 Å². The highest BCUT2D eigenvalue weighted by atomic mass is 32.2. The Balaban J connectivity index is 1.86. The summed E-state index contributed by atoms with van der Waals surface area (Å²) in [4.78, 5) is 2.07. The van der Waals surface area contributed by atoms with E-state index in [0.29, 0.717) is 13.1 Å². The summed E-state index contributed by atoms with van der Waals surface area (Å²) < 4.78 is 42.7. The molecule has 0 aromatic heterocycles. The van der Waals surface area contributed by atoms with E-state index >= 15 is 0 Å². The monoisotopic (exact) mass is 313 g/mol. The molecule has 2 aliphatic rings. The minimum atomic E-state index is -3.00. The number of ether oxygens (including phenoxy) is 1. The van der Waals surface area contributed by atoms with Crippen molar-refractivity contribution in [2.75, 3.05) is 30.0 Å². The van der Waals surface area contributed by atoms with E-state index in [0.717, 1.165) is 18.5 Å².